The first-order chi connectivity index (χ1) is 15.5. The first-order valence-electron chi connectivity index (χ1n) is 11.5. The Morgan fingerprint density at radius 3 is 2.19 bits per heavy atom. The van der Waals surface area contributed by atoms with Crippen LogP contribution in [-0.2, 0) is 27.2 Å². The van der Waals surface area contributed by atoms with Crippen molar-refractivity contribution in [2.45, 2.75) is 51.0 Å². The van der Waals surface area contributed by atoms with E-state index in [0.29, 0.717) is 19.3 Å². The van der Waals surface area contributed by atoms with Crippen LogP contribution in [0.4, 0.5) is 0 Å². The van der Waals surface area contributed by atoms with Gasteiger partial charge in [0.25, 0.3) is 0 Å². The van der Waals surface area contributed by atoms with E-state index in [2.05, 4.69) is 22.8 Å². The van der Waals surface area contributed by atoms with Crippen LogP contribution >= 0.6 is 0 Å². The highest BCUT2D eigenvalue weighted by Crippen LogP contribution is 2.24. The van der Waals surface area contributed by atoms with Crippen LogP contribution in [0.3, 0.4) is 0 Å². The lowest BCUT2D eigenvalue weighted by atomic mass is 9.84. The van der Waals surface area contributed by atoms with Crippen LogP contribution in [0.2, 0.25) is 0 Å². The Hall–Kier alpha value is -3.15. The molecule has 3 atom stereocenters. The van der Waals surface area contributed by atoms with Crippen molar-refractivity contribution in [3.63, 3.8) is 0 Å². The maximum absolute atomic E-state index is 13.0. The molecule has 0 aromatic heterocycles. The minimum absolute atomic E-state index is 0.0998. The summed E-state index contributed by atoms with van der Waals surface area (Å²) in [4.78, 5) is 37.1. The topological polar surface area (TPSA) is 101 Å². The van der Waals surface area contributed by atoms with Gasteiger partial charge in [-0.3, -0.25) is 14.4 Å². The van der Waals surface area contributed by atoms with Crippen molar-refractivity contribution >= 4 is 17.7 Å². The summed E-state index contributed by atoms with van der Waals surface area (Å²) in [6.45, 7) is -0.0998. The normalized spacial score (nSPS) is 19.0. The van der Waals surface area contributed by atoms with Crippen LogP contribution in [0.25, 0.3) is 0 Å². The summed E-state index contributed by atoms with van der Waals surface area (Å²) in [6.07, 6.45) is 5.44. The fourth-order valence-electron chi connectivity index (χ4n) is 4.42. The number of hydrogen-bond acceptors (Lipinski definition) is 3. The molecule has 0 heterocycles. The number of amides is 3. The third-order valence-corrected chi connectivity index (χ3v) is 6.22. The zero-order valence-electron chi connectivity index (χ0n) is 18.5. The molecule has 0 bridgehead atoms. The number of primary amides is 1. The highest BCUT2D eigenvalue weighted by molar-refractivity contribution is 5.86. The number of benzene rings is 2. The maximum atomic E-state index is 13.0. The third kappa shape index (κ3) is 7.22. The molecule has 0 spiro atoms. The number of hydrogen-bond donors (Lipinski definition) is 3. The standard InChI is InChI=1S/C26H33N3O3/c27-25(31)22-13-7-8-14-23(22)29-24(30)18-28-26(32)21(17-20-11-5-2-6-12-20)16-15-19-9-3-1-4-10-19/h1-6,9-12,21-23H,7-8,13-18H2,(H2,27,31)(H,28,32)(H,29,30)/t21?,22?,23-/m0/s1. The van der Waals surface area contributed by atoms with Gasteiger partial charge in [0.2, 0.25) is 17.7 Å². The molecule has 4 N–H and O–H groups in total. The lowest BCUT2D eigenvalue weighted by Gasteiger charge is -2.30. The quantitative estimate of drug-likeness (QED) is 0.535. The Labute approximate surface area is 190 Å². The molecule has 3 rings (SSSR count). The van der Waals surface area contributed by atoms with Crippen LogP contribution in [0.1, 0.15) is 43.2 Å². The molecule has 0 radical (unpaired) electrons. The van der Waals surface area contributed by atoms with Gasteiger partial charge in [-0.1, -0.05) is 73.5 Å². The van der Waals surface area contributed by atoms with Crippen molar-refractivity contribution in [3.8, 4) is 0 Å². The minimum Gasteiger partial charge on any atom is -0.369 e. The Bertz CT molecular complexity index is 886. The van der Waals surface area contributed by atoms with Crippen LogP contribution in [0.5, 0.6) is 0 Å². The molecule has 1 aliphatic carbocycles. The van der Waals surface area contributed by atoms with Crippen molar-refractivity contribution in [2.75, 3.05) is 6.54 Å². The van der Waals surface area contributed by atoms with Gasteiger partial charge in [-0.15, -0.1) is 0 Å². The molecule has 32 heavy (non-hydrogen) atoms. The van der Waals surface area contributed by atoms with Gasteiger partial charge in [0.15, 0.2) is 0 Å². The van der Waals surface area contributed by atoms with Crippen molar-refractivity contribution in [1.82, 2.24) is 10.6 Å². The average Bonchev–Trinajstić information content (AvgIpc) is 2.81. The summed E-state index contributed by atoms with van der Waals surface area (Å²) in [5.74, 6) is -1.35. The predicted octanol–water partition coefficient (Wildman–Crippen LogP) is 2.75. The van der Waals surface area contributed by atoms with Gasteiger partial charge in [0.1, 0.15) is 0 Å². The van der Waals surface area contributed by atoms with E-state index in [-0.39, 0.29) is 42.1 Å². The molecule has 3 amide bonds. The van der Waals surface area contributed by atoms with Gasteiger partial charge >= 0.3 is 0 Å². The molecule has 0 saturated heterocycles. The highest BCUT2D eigenvalue weighted by Gasteiger charge is 2.30. The van der Waals surface area contributed by atoms with E-state index in [0.717, 1.165) is 31.2 Å². The number of carbonyl (C=O) groups is 3. The Kier molecular flexibility index (Phi) is 8.84. The second-order valence-electron chi connectivity index (χ2n) is 8.60. The number of nitrogens with two attached hydrogens (primary N) is 1. The third-order valence-electron chi connectivity index (χ3n) is 6.22. The molecule has 2 aromatic rings. The summed E-state index contributed by atoms with van der Waals surface area (Å²) in [5.41, 5.74) is 7.77. The van der Waals surface area contributed by atoms with Crippen molar-refractivity contribution < 1.29 is 14.4 Å². The minimum atomic E-state index is -0.372. The van der Waals surface area contributed by atoms with Gasteiger partial charge in [-0.2, -0.15) is 0 Å². The predicted molar refractivity (Wildman–Crippen MR) is 124 cm³/mol. The molecular formula is C26H33N3O3. The summed E-state index contributed by atoms with van der Waals surface area (Å²) in [5, 5.41) is 5.70. The van der Waals surface area contributed by atoms with E-state index in [1.165, 1.54) is 5.56 Å². The van der Waals surface area contributed by atoms with E-state index in [1.54, 1.807) is 0 Å². The molecule has 0 aliphatic heterocycles. The second-order valence-corrected chi connectivity index (χ2v) is 8.60. The Morgan fingerprint density at radius 2 is 1.53 bits per heavy atom. The summed E-state index contributed by atoms with van der Waals surface area (Å²) < 4.78 is 0. The van der Waals surface area contributed by atoms with Gasteiger partial charge in [0, 0.05) is 12.0 Å². The molecule has 6 heteroatoms. The summed E-state index contributed by atoms with van der Waals surface area (Å²) >= 11 is 0. The first kappa shape index (κ1) is 23.5. The van der Waals surface area contributed by atoms with Crippen LogP contribution < -0.4 is 16.4 Å². The van der Waals surface area contributed by atoms with E-state index in [4.69, 9.17) is 5.73 Å². The van der Waals surface area contributed by atoms with E-state index < -0.39 is 0 Å². The van der Waals surface area contributed by atoms with Crippen LogP contribution in [-0.4, -0.2) is 30.3 Å². The fraction of sp³-hybridized carbons (Fsp3) is 0.423. The van der Waals surface area contributed by atoms with E-state index in [1.807, 2.05) is 48.5 Å². The van der Waals surface area contributed by atoms with Gasteiger partial charge < -0.3 is 16.4 Å². The lowest BCUT2D eigenvalue weighted by molar-refractivity contribution is -0.130. The SMILES string of the molecule is NC(=O)C1CCCC[C@@H]1NC(=O)CNC(=O)C(CCc1ccccc1)Cc1ccccc1. The van der Waals surface area contributed by atoms with Crippen molar-refractivity contribution in [2.24, 2.45) is 17.6 Å². The Balaban J connectivity index is 1.56. The monoisotopic (exact) mass is 435 g/mol. The van der Waals surface area contributed by atoms with Crippen molar-refractivity contribution in [3.05, 3.63) is 71.8 Å². The molecule has 170 valence electrons. The number of carbonyl (C=O) groups excluding carboxylic acids is 3. The molecular weight excluding hydrogens is 402 g/mol. The van der Waals surface area contributed by atoms with E-state index in [9.17, 15) is 14.4 Å². The number of aryl methyl sites for hydroxylation is 1. The van der Waals surface area contributed by atoms with Crippen LogP contribution in [0, 0.1) is 11.8 Å². The van der Waals surface area contributed by atoms with Crippen molar-refractivity contribution in [1.29, 1.82) is 0 Å². The number of nitrogens with one attached hydrogen (secondary N) is 2. The molecule has 6 nitrogen and oxygen atoms in total. The fourth-order valence-corrected chi connectivity index (χ4v) is 4.42. The van der Waals surface area contributed by atoms with Gasteiger partial charge in [-0.25, -0.2) is 0 Å². The lowest BCUT2D eigenvalue weighted by Crippen LogP contribution is -2.50. The smallest absolute Gasteiger partial charge is 0.239 e. The average molecular weight is 436 g/mol. The molecule has 1 fully saturated rings. The highest BCUT2D eigenvalue weighted by atomic mass is 16.2. The van der Waals surface area contributed by atoms with Gasteiger partial charge in [-0.05, 0) is 43.2 Å². The van der Waals surface area contributed by atoms with Crippen LogP contribution in [0.15, 0.2) is 60.7 Å². The maximum Gasteiger partial charge on any atom is 0.239 e. The first-order valence-corrected chi connectivity index (χ1v) is 11.5. The largest absolute Gasteiger partial charge is 0.369 e. The molecule has 1 saturated carbocycles. The summed E-state index contributed by atoms with van der Waals surface area (Å²) in [7, 11) is 0. The van der Waals surface area contributed by atoms with Gasteiger partial charge in [0.05, 0.1) is 12.5 Å². The zero-order chi connectivity index (χ0) is 22.8. The summed E-state index contributed by atoms with van der Waals surface area (Å²) in [6, 6.07) is 19.8. The molecule has 2 unspecified atom stereocenters. The molecule has 2 aromatic carbocycles. The van der Waals surface area contributed by atoms with E-state index >= 15 is 0 Å². The molecule has 1 aliphatic rings. The number of rotatable bonds is 10. The zero-order valence-corrected chi connectivity index (χ0v) is 18.5. The Morgan fingerprint density at radius 1 is 0.906 bits per heavy atom. The second kappa shape index (κ2) is 12.0.